The predicted molar refractivity (Wildman–Crippen MR) is 95.9 cm³/mol. The third kappa shape index (κ3) is 4.32. The van der Waals surface area contributed by atoms with Crippen molar-refractivity contribution in [2.24, 2.45) is 4.99 Å². The second kappa shape index (κ2) is 8.23. The van der Waals surface area contributed by atoms with E-state index in [1.165, 1.54) is 6.07 Å². The smallest absolute Gasteiger partial charge is 0.191 e. The highest BCUT2D eigenvalue weighted by Gasteiger charge is 2.05. The molecule has 7 heteroatoms. The molecule has 0 atom stereocenters. The number of fused-ring (bicyclic) bond motifs is 1. The molecule has 0 radical (unpaired) electrons. The second-order valence-electron chi connectivity index (χ2n) is 5.59. The van der Waals surface area contributed by atoms with Gasteiger partial charge < -0.3 is 10.6 Å². The fourth-order valence-corrected chi connectivity index (χ4v) is 2.56. The maximum absolute atomic E-state index is 13.6. The molecule has 0 bridgehead atoms. The van der Waals surface area contributed by atoms with E-state index in [9.17, 15) is 4.39 Å². The van der Waals surface area contributed by atoms with Gasteiger partial charge in [0, 0.05) is 38.3 Å². The number of pyridine rings is 1. The molecule has 130 valence electrons. The molecule has 0 saturated heterocycles. The quantitative estimate of drug-likeness (QED) is 0.410. The number of hydrogen-bond acceptors (Lipinski definition) is 3. The third-order valence-electron chi connectivity index (χ3n) is 3.88. The van der Waals surface area contributed by atoms with Crippen LogP contribution in [-0.2, 0) is 13.0 Å². The lowest BCUT2D eigenvalue weighted by Gasteiger charge is -2.12. The second-order valence-corrected chi connectivity index (χ2v) is 5.59. The van der Waals surface area contributed by atoms with Gasteiger partial charge in [0.25, 0.3) is 0 Å². The van der Waals surface area contributed by atoms with Crippen molar-refractivity contribution >= 4 is 11.6 Å². The molecule has 0 aliphatic rings. The summed E-state index contributed by atoms with van der Waals surface area (Å²) >= 11 is 0. The molecule has 3 rings (SSSR count). The van der Waals surface area contributed by atoms with Gasteiger partial charge in [-0.05, 0) is 24.6 Å². The van der Waals surface area contributed by atoms with Crippen LogP contribution in [-0.4, -0.2) is 34.2 Å². The molecule has 2 N–H and O–H groups in total. The number of aryl methyl sites for hydroxylation is 1. The monoisotopic (exact) mass is 340 g/mol. The highest BCUT2D eigenvalue weighted by atomic mass is 19.1. The topological polar surface area (TPSA) is 66.6 Å². The summed E-state index contributed by atoms with van der Waals surface area (Å²) in [5.74, 6) is 1.37. The molecule has 2 aromatic heterocycles. The summed E-state index contributed by atoms with van der Waals surface area (Å²) in [7, 11) is 1.70. The highest BCUT2D eigenvalue weighted by Crippen LogP contribution is 2.06. The number of nitrogens with zero attached hydrogens (tertiary/aromatic N) is 4. The van der Waals surface area contributed by atoms with Gasteiger partial charge in [-0.15, -0.1) is 10.2 Å². The summed E-state index contributed by atoms with van der Waals surface area (Å²) in [5, 5.41) is 14.7. The summed E-state index contributed by atoms with van der Waals surface area (Å²) in [5.41, 5.74) is 1.47. The number of rotatable bonds is 6. The molecular weight excluding hydrogens is 319 g/mol. The summed E-state index contributed by atoms with van der Waals surface area (Å²) < 4.78 is 15.6. The Labute approximate surface area is 145 Å². The normalized spacial score (nSPS) is 11.7. The maximum atomic E-state index is 13.6. The standard InChI is InChI=1S/C18H21FN6/c1-20-18(22-13-14-7-2-3-8-15(14)19)21-11-6-10-17-24-23-16-9-4-5-12-25(16)17/h2-5,7-9,12H,6,10-11,13H2,1H3,(H2,20,21,22). The van der Waals surface area contributed by atoms with Gasteiger partial charge in [-0.1, -0.05) is 24.3 Å². The largest absolute Gasteiger partial charge is 0.356 e. The van der Waals surface area contributed by atoms with Crippen molar-refractivity contribution < 1.29 is 4.39 Å². The minimum absolute atomic E-state index is 0.218. The first kappa shape index (κ1) is 16.9. The van der Waals surface area contributed by atoms with Gasteiger partial charge >= 0.3 is 0 Å². The SMILES string of the molecule is CN=C(NCCCc1nnc2ccccn12)NCc1ccccc1F. The Bertz CT molecular complexity index is 857. The van der Waals surface area contributed by atoms with Crippen molar-refractivity contribution in [2.45, 2.75) is 19.4 Å². The van der Waals surface area contributed by atoms with Crippen molar-refractivity contribution in [3.63, 3.8) is 0 Å². The lowest BCUT2D eigenvalue weighted by Crippen LogP contribution is -2.37. The minimum Gasteiger partial charge on any atom is -0.356 e. The Hall–Kier alpha value is -2.96. The number of benzene rings is 1. The molecule has 0 aliphatic carbocycles. The number of halogens is 1. The van der Waals surface area contributed by atoms with Gasteiger partial charge in [-0.25, -0.2) is 4.39 Å². The molecular formula is C18H21FN6. The first-order chi connectivity index (χ1) is 12.3. The molecule has 1 aromatic carbocycles. The zero-order chi connectivity index (χ0) is 17.5. The van der Waals surface area contributed by atoms with E-state index in [1.54, 1.807) is 19.2 Å². The van der Waals surface area contributed by atoms with E-state index in [2.05, 4.69) is 25.8 Å². The molecule has 25 heavy (non-hydrogen) atoms. The minimum atomic E-state index is -0.218. The van der Waals surface area contributed by atoms with Crippen LogP contribution in [0.1, 0.15) is 17.8 Å². The van der Waals surface area contributed by atoms with Crippen LogP contribution in [0, 0.1) is 5.82 Å². The van der Waals surface area contributed by atoms with E-state index in [0.717, 1.165) is 30.9 Å². The van der Waals surface area contributed by atoms with Crippen LogP contribution in [0.25, 0.3) is 5.65 Å². The van der Waals surface area contributed by atoms with E-state index >= 15 is 0 Å². The fraction of sp³-hybridized carbons (Fsp3) is 0.278. The van der Waals surface area contributed by atoms with E-state index < -0.39 is 0 Å². The lowest BCUT2D eigenvalue weighted by molar-refractivity contribution is 0.604. The number of aromatic nitrogens is 3. The van der Waals surface area contributed by atoms with E-state index in [1.807, 2.05) is 34.9 Å². The van der Waals surface area contributed by atoms with E-state index in [-0.39, 0.29) is 5.82 Å². The van der Waals surface area contributed by atoms with Crippen LogP contribution in [0.4, 0.5) is 4.39 Å². The van der Waals surface area contributed by atoms with Gasteiger partial charge in [0.15, 0.2) is 11.6 Å². The van der Waals surface area contributed by atoms with Crippen molar-refractivity contribution in [3.05, 3.63) is 65.9 Å². The third-order valence-corrected chi connectivity index (χ3v) is 3.88. The van der Waals surface area contributed by atoms with Crippen LogP contribution in [0.5, 0.6) is 0 Å². The van der Waals surface area contributed by atoms with Crippen molar-refractivity contribution in [1.29, 1.82) is 0 Å². The van der Waals surface area contributed by atoms with Crippen molar-refractivity contribution in [2.75, 3.05) is 13.6 Å². The number of aliphatic imine (C=N–C) groups is 1. The number of nitrogens with one attached hydrogen (secondary N) is 2. The van der Waals surface area contributed by atoms with Crippen LogP contribution in [0.3, 0.4) is 0 Å². The molecule has 6 nitrogen and oxygen atoms in total. The highest BCUT2D eigenvalue weighted by molar-refractivity contribution is 5.79. The molecule has 0 aliphatic heterocycles. The number of guanidine groups is 1. The molecule has 0 saturated carbocycles. The zero-order valence-electron chi connectivity index (χ0n) is 14.1. The first-order valence-corrected chi connectivity index (χ1v) is 8.24. The Morgan fingerprint density at radius 2 is 1.96 bits per heavy atom. The molecule has 3 aromatic rings. The average molecular weight is 340 g/mol. The molecule has 2 heterocycles. The van der Waals surface area contributed by atoms with Gasteiger partial charge in [0.1, 0.15) is 11.6 Å². The first-order valence-electron chi connectivity index (χ1n) is 8.24. The Kier molecular flexibility index (Phi) is 5.56. The van der Waals surface area contributed by atoms with Crippen molar-refractivity contribution in [3.8, 4) is 0 Å². The van der Waals surface area contributed by atoms with E-state index in [0.29, 0.717) is 18.1 Å². The van der Waals surface area contributed by atoms with Gasteiger partial charge in [0.2, 0.25) is 0 Å². The van der Waals surface area contributed by atoms with E-state index in [4.69, 9.17) is 0 Å². The zero-order valence-corrected chi connectivity index (χ0v) is 14.1. The maximum Gasteiger partial charge on any atom is 0.191 e. The predicted octanol–water partition coefficient (Wildman–Crippen LogP) is 2.17. The summed E-state index contributed by atoms with van der Waals surface area (Å²) in [6.07, 6.45) is 3.66. The van der Waals surface area contributed by atoms with Crippen LogP contribution in [0.2, 0.25) is 0 Å². The fourth-order valence-electron chi connectivity index (χ4n) is 2.56. The molecule has 0 fully saturated rings. The van der Waals surface area contributed by atoms with Crippen LogP contribution in [0.15, 0.2) is 53.7 Å². The molecule has 0 spiro atoms. The van der Waals surface area contributed by atoms with Crippen LogP contribution < -0.4 is 10.6 Å². The summed E-state index contributed by atoms with van der Waals surface area (Å²) in [6, 6.07) is 12.6. The Morgan fingerprint density at radius 1 is 1.12 bits per heavy atom. The Balaban J connectivity index is 1.45. The lowest BCUT2D eigenvalue weighted by atomic mass is 10.2. The summed E-state index contributed by atoms with van der Waals surface area (Å²) in [4.78, 5) is 4.16. The van der Waals surface area contributed by atoms with Crippen molar-refractivity contribution in [1.82, 2.24) is 25.2 Å². The van der Waals surface area contributed by atoms with Gasteiger partial charge in [-0.2, -0.15) is 0 Å². The van der Waals surface area contributed by atoms with Crippen LogP contribution >= 0.6 is 0 Å². The van der Waals surface area contributed by atoms with Gasteiger partial charge in [0.05, 0.1) is 0 Å². The number of hydrogen-bond donors (Lipinski definition) is 2. The average Bonchev–Trinajstić information content (AvgIpc) is 3.05. The molecule has 0 amide bonds. The molecule has 0 unspecified atom stereocenters. The van der Waals surface area contributed by atoms with Gasteiger partial charge in [-0.3, -0.25) is 9.39 Å². The summed E-state index contributed by atoms with van der Waals surface area (Å²) in [6.45, 7) is 1.12. The Morgan fingerprint density at radius 3 is 2.80 bits per heavy atom.